The van der Waals surface area contributed by atoms with E-state index in [2.05, 4.69) is 4.90 Å². The van der Waals surface area contributed by atoms with Crippen LogP contribution in [-0.4, -0.2) is 12.6 Å². The fraction of sp³-hybridized carbons (Fsp3) is 0.571. The third-order valence-electron chi connectivity index (χ3n) is 3.81. The van der Waals surface area contributed by atoms with Gasteiger partial charge in [-0.3, -0.25) is 0 Å². The van der Waals surface area contributed by atoms with Gasteiger partial charge in [0.15, 0.2) is 11.6 Å². The molecular weight excluding hydrogens is 234 g/mol. The first-order valence-corrected chi connectivity index (χ1v) is 6.64. The summed E-state index contributed by atoms with van der Waals surface area (Å²) in [5.74, 6) is -0.843. The highest BCUT2D eigenvalue weighted by Gasteiger charge is 2.35. The van der Waals surface area contributed by atoms with Crippen LogP contribution < -0.4 is 10.6 Å². The first kappa shape index (κ1) is 11.9. The fourth-order valence-electron chi connectivity index (χ4n) is 2.37. The zero-order valence-electron chi connectivity index (χ0n) is 10.3. The van der Waals surface area contributed by atoms with E-state index in [0.717, 1.165) is 19.4 Å². The number of rotatable bonds is 5. The lowest BCUT2D eigenvalue weighted by Crippen LogP contribution is -2.29. The molecule has 0 bridgehead atoms. The molecule has 0 radical (unpaired) electrons. The van der Waals surface area contributed by atoms with Crippen molar-refractivity contribution in [2.24, 2.45) is 11.7 Å². The van der Waals surface area contributed by atoms with Crippen LogP contribution in [0, 0.1) is 17.6 Å². The Hall–Kier alpha value is -1.16. The third kappa shape index (κ3) is 2.21. The van der Waals surface area contributed by atoms with Gasteiger partial charge in [-0.2, -0.15) is 0 Å². The molecule has 2 N–H and O–H groups in total. The van der Waals surface area contributed by atoms with Gasteiger partial charge in [0.25, 0.3) is 0 Å². The van der Waals surface area contributed by atoms with Gasteiger partial charge in [0.2, 0.25) is 0 Å². The Labute approximate surface area is 106 Å². The summed E-state index contributed by atoms with van der Waals surface area (Å²) in [6, 6.07) is 3.69. The molecule has 2 fully saturated rings. The van der Waals surface area contributed by atoms with E-state index in [-0.39, 0.29) is 12.1 Å². The summed E-state index contributed by atoms with van der Waals surface area (Å²) < 4.78 is 27.9. The Morgan fingerprint density at radius 3 is 2.39 bits per heavy atom. The van der Waals surface area contributed by atoms with Gasteiger partial charge in [-0.25, -0.2) is 8.78 Å². The van der Waals surface area contributed by atoms with E-state index in [9.17, 15) is 8.78 Å². The fourth-order valence-corrected chi connectivity index (χ4v) is 2.37. The van der Waals surface area contributed by atoms with Crippen molar-refractivity contribution in [3.05, 3.63) is 29.3 Å². The highest BCUT2D eigenvalue weighted by Crippen LogP contribution is 2.39. The topological polar surface area (TPSA) is 29.3 Å². The number of benzene rings is 1. The van der Waals surface area contributed by atoms with E-state index < -0.39 is 11.6 Å². The predicted molar refractivity (Wildman–Crippen MR) is 67.3 cm³/mol. The largest absolute Gasteiger partial charge is 0.366 e. The summed E-state index contributed by atoms with van der Waals surface area (Å²) in [7, 11) is 0. The Balaban J connectivity index is 1.90. The molecule has 98 valence electrons. The van der Waals surface area contributed by atoms with Gasteiger partial charge in [0, 0.05) is 24.7 Å². The first-order chi connectivity index (χ1) is 8.70. The van der Waals surface area contributed by atoms with Gasteiger partial charge in [-0.1, -0.05) is 6.07 Å². The maximum Gasteiger partial charge on any atom is 0.182 e. The van der Waals surface area contributed by atoms with Gasteiger partial charge in [0.1, 0.15) is 0 Å². The summed E-state index contributed by atoms with van der Waals surface area (Å²) in [6.07, 6.45) is 4.61. The molecule has 1 aromatic carbocycles. The summed E-state index contributed by atoms with van der Waals surface area (Å²) in [5.41, 5.74) is 6.05. The van der Waals surface area contributed by atoms with Gasteiger partial charge in [0.05, 0.1) is 5.69 Å². The van der Waals surface area contributed by atoms with Crippen molar-refractivity contribution in [1.82, 2.24) is 0 Å². The van der Waals surface area contributed by atoms with E-state index in [0.29, 0.717) is 17.6 Å². The van der Waals surface area contributed by atoms with Crippen molar-refractivity contribution in [3.63, 3.8) is 0 Å². The second kappa shape index (κ2) is 4.50. The van der Waals surface area contributed by atoms with Crippen LogP contribution >= 0.6 is 0 Å². The zero-order valence-corrected chi connectivity index (χ0v) is 10.3. The summed E-state index contributed by atoms with van der Waals surface area (Å²) in [6.45, 7) is 0.901. The van der Waals surface area contributed by atoms with E-state index in [1.807, 2.05) is 0 Å². The molecule has 0 aromatic heterocycles. The molecule has 2 aliphatic rings. The van der Waals surface area contributed by atoms with Gasteiger partial charge in [-0.05, 0) is 37.7 Å². The maximum absolute atomic E-state index is 14.1. The lowest BCUT2D eigenvalue weighted by molar-refractivity contribution is 0.495. The number of hydrogen-bond donors (Lipinski definition) is 1. The Kier molecular flexibility index (Phi) is 2.98. The SMILES string of the molecule is NCc1ccc(N(CC2CC2)C2CC2)c(F)c1F. The van der Waals surface area contributed by atoms with Crippen LogP contribution in [0.2, 0.25) is 0 Å². The van der Waals surface area contributed by atoms with Crippen LogP contribution in [0.4, 0.5) is 14.5 Å². The molecule has 0 unspecified atom stereocenters. The predicted octanol–water partition coefficient (Wildman–Crippen LogP) is 2.80. The summed E-state index contributed by atoms with van der Waals surface area (Å²) in [5, 5.41) is 0. The molecule has 18 heavy (non-hydrogen) atoms. The number of anilines is 1. The van der Waals surface area contributed by atoms with Crippen molar-refractivity contribution < 1.29 is 8.78 Å². The minimum atomic E-state index is -0.781. The molecule has 0 aliphatic heterocycles. The lowest BCUT2D eigenvalue weighted by atomic mass is 10.1. The van der Waals surface area contributed by atoms with Gasteiger partial charge >= 0.3 is 0 Å². The number of nitrogens with zero attached hydrogens (tertiary/aromatic N) is 1. The second-order valence-electron chi connectivity index (χ2n) is 5.40. The van der Waals surface area contributed by atoms with Crippen molar-refractivity contribution in [2.45, 2.75) is 38.3 Å². The van der Waals surface area contributed by atoms with Crippen LogP contribution in [0.5, 0.6) is 0 Å². The number of nitrogens with two attached hydrogens (primary N) is 1. The number of hydrogen-bond acceptors (Lipinski definition) is 2. The standard InChI is InChI=1S/C14H18F2N2/c15-13-10(7-17)3-6-12(14(13)16)18(11-4-5-11)8-9-1-2-9/h3,6,9,11H,1-2,4-5,7-8,17H2. The highest BCUT2D eigenvalue weighted by molar-refractivity contribution is 5.52. The van der Waals surface area contributed by atoms with Crippen molar-refractivity contribution in [1.29, 1.82) is 0 Å². The van der Waals surface area contributed by atoms with Crippen LogP contribution in [0.15, 0.2) is 12.1 Å². The van der Waals surface area contributed by atoms with Crippen molar-refractivity contribution in [3.8, 4) is 0 Å². The van der Waals surface area contributed by atoms with E-state index in [4.69, 9.17) is 5.73 Å². The lowest BCUT2D eigenvalue weighted by Gasteiger charge is -2.25. The van der Waals surface area contributed by atoms with E-state index in [1.54, 1.807) is 12.1 Å². The quantitative estimate of drug-likeness (QED) is 0.873. The highest BCUT2D eigenvalue weighted by atomic mass is 19.2. The van der Waals surface area contributed by atoms with Crippen LogP contribution in [0.25, 0.3) is 0 Å². The molecule has 2 aliphatic carbocycles. The molecule has 3 rings (SSSR count). The van der Waals surface area contributed by atoms with Gasteiger partial charge < -0.3 is 10.6 Å². The maximum atomic E-state index is 14.1. The molecule has 0 heterocycles. The Morgan fingerprint density at radius 1 is 1.11 bits per heavy atom. The van der Waals surface area contributed by atoms with Crippen molar-refractivity contribution >= 4 is 5.69 Å². The molecule has 1 aromatic rings. The average Bonchev–Trinajstić information content (AvgIpc) is 3.24. The normalized spacial score (nSPS) is 19.1. The molecule has 0 saturated heterocycles. The van der Waals surface area contributed by atoms with Crippen LogP contribution in [0.3, 0.4) is 0 Å². The smallest absolute Gasteiger partial charge is 0.182 e. The van der Waals surface area contributed by atoms with E-state index in [1.165, 1.54) is 12.8 Å². The molecule has 2 saturated carbocycles. The minimum Gasteiger partial charge on any atom is -0.366 e. The molecular formula is C14H18F2N2. The molecule has 2 nitrogen and oxygen atoms in total. The minimum absolute atomic E-state index is 0.0368. The summed E-state index contributed by atoms with van der Waals surface area (Å²) >= 11 is 0. The molecule has 0 amide bonds. The van der Waals surface area contributed by atoms with E-state index >= 15 is 0 Å². The van der Waals surface area contributed by atoms with Crippen LogP contribution in [-0.2, 0) is 6.54 Å². The molecule has 0 spiro atoms. The Bertz CT molecular complexity index is 453. The summed E-state index contributed by atoms with van der Waals surface area (Å²) in [4.78, 5) is 2.05. The zero-order chi connectivity index (χ0) is 12.7. The average molecular weight is 252 g/mol. The molecule has 4 heteroatoms. The first-order valence-electron chi connectivity index (χ1n) is 6.64. The van der Waals surface area contributed by atoms with Gasteiger partial charge in [-0.15, -0.1) is 0 Å². The van der Waals surface area contributed by atoms with Crippen LogP contribution in [0.1, 0.15) is 31.2 Å². The Morgan fingerprint density at radius 2 is 1.83 bits per heavy atom. The monoisotopic (exact) mass is 252 g/mol. The number of halogens is 2. The molecule has 0 atom stereocenters. The third-order valence-corrected chi connectivity index (χ3v) is 3.81. The van der Waals surface area contributed by atoms with Crippen molar-refractivity contribution in [2.75, 3.05) is 11.4 Å². The second-order valence-corrected chi connectivity index (χ2v) is 5.40.